The summed E-state index contributed by atoms with van der Waals surface area (Å²) >= 11 is 0. The number of ether oxygens (including phenoxy) is 2. The molecule has 3 heterocycles. The quantitative estimate of drug-likeness (QED) is 0.777. The van der Waals surface area contributed by atoms with Gasteiger partial charge in [-0.25, -0.2) is 9.59 Å². The molecule has 2 fully saturated rings. The molecular formula is C24H30N4O4. The monoisotopic (exact) mass is 438 g/mol. The van der Waals surface area contributed by atoms with Gasteiger partial charge in [0.25, 0.3) is 0 Å². The molecule has 2 aromatic rings. The second-order valence-electron chi connectivity index (χ2n) is 9.30. The number of hydrogen-bond donors (Lipinski definition) is 1. The van der Waals surface area contributed by atoms with Crippen molar-refractivity contribution in [3.63, 3.8) is 0 Å². The average Bonchev–Trinajstić information content (AvgIpc) is 3.17. The molecule has 4 rings (SSSR count). The molecule has 0 bridgehead atoms. The molecule has 2 aliphatic rings. The Labute approximate surface area is 188 Å². The van der Waals surface area contributed by atoms with E-state index in [1.165, 1.54) is 0 Å². The molecule has 3 amide bonds. The van der Waals surface area contributed by atoms with Crippen LogP contribution in [0.1, 0.15) is 38.7 Å². The Balaban J connectivity index is 1.22. The first-order valence-electron chi connectivity index (χ1n) is 11.0. The van der Waals surface area contributed by atoms with Gasteiger partial charge in [0.05, 0.1) is 6.54 Å². The van der Waals surface area contributed by atoms with Crippen molar-refractivity contribution in [2.24, 2.45) is 0 Å². The SMILES string of the molecule is CC(C)(C)OC(=O)N1CC[C@@H](Oc2ccc(NC(=O)N3CC(c4cccnc4)C3)cc2)C1. The number of pyridine rings is 1. The van der Waals surface area contributed by atoms with E-state index in [9.17, 15) is 9.59 Å². The van der Waals surface area contributed by atoms with Crippen LogP contribution in [-0.4, -0.2) is 64.8 Å². The van der Waals surface area contributed by atoms with Gasteiger partial charge < -0.3 is 24.6 Å². The Hall–Kier alpha value is -3.29. The first-order valence-corrected chi connectivity index (χ1v) is 11.0. The van der Waals surface area contributed by atoms with E-state index in [4.69, 9.17) is 9.47 Å². The molecule has 0 spiro atoms. The smallest absolute Gasteiger partial charge is 0.410 e. The van der Waals surface area contributed by atoms with E-state index in [2.05, 4.69) is 10.3 Å². The van der Waals surface area contributed by atoms with Crippen molar-refractivity contribution in [2.45, 2.75) is 44.8 Å². The highest BCUT2D eigenvalue weighted by molar-refractivity contribution is 5.90. The van der Waals surface area contributed by atoms with Gasteiger partial charge in [0.2, 0.25) is 0 Å². The van der Waals surface area contributed by atoms with Crippen LogP contribution in [0.5, 0.6) is 5.75 Å². The summed E-state index contributed by atoms with van der Waals surface area (Å²) in [5.74, 6) is 1.05. The summed E-state index contributed by atoms with van der Waals surface area (Å²) in [5.41, 5.74) is 1.37. The Bertz CT molecular complexity index is 937. The summed E-state index contributed by atoms with van der Waals surface area (Å²) in [4.78, 5) is 32.2. The van der Waals surface area contributed by atoms with E-state index in [1.54, 1.807) is 16.0 Å². The molecule has 0 saturated carbocycles. The van der Waals surface area contributed by atoms with Crippen molar-refractivity contribution >= 4 is 17.8 Å². The normalized spacial score (nSPS) is 18.8. The number of urea groups is 1. The van der Waals surface area contributed by atoms with E-state index in [0.717, 1.165) is 12.0 Å². The van der Waals surface area contributed by atoms with Crippen molar-refractivity contribution in [1.82, 2.24) is 14.8 Å². The number of aromatic nitrogens is 1. The van der Waals surface area contributed by atoms with Crippen LogP contribution in [0.3, 0.4) is 0 Å². The number of hydrogen-bond acceptors (Lipinski definition) is 5. The molecule has 2 saturated heterocycles. The summed E-state index contributed by atoms with van der Waals surface area (Å²) in [7, 11) is 0. The van der Waals surface area contributed by atoms with Gasteiger partial charge in [-0.05, 0) is 56.7 Å². The molecule has 0 radical (unpaired) electrons. The number of carbonyl (C=O) groups is 2. The lowest BCUT2D eigenvalue weighted by molar-refractivity contribution is 0.0275. The van der Waals surface area contributed by atoms with Crippen molar-refractivity contribution in [1.29, 1.82) is 0 Å². The van der Waals surface area contributed by atoms with E-state index in [-0.39, 0.29) is 18.2 Å². The molecule has 8 heteroatoms. The summed E-state index contributed by atoms with van der Waals surface area (Å²) in [6, 6.07) is 11.2. The largest absolute Gasteiger partial charge is 0.489 e. The van der Waals surface area contributed by atoms with Gasteiger partial charge in [0.1, 0.15) is 17.5 Å². The Kier molecular flexibility index (Phi) is 6.21. The molecule has 170 valence electrons. The van der Waals surface area contributed by atoms with Gasteiger partial charge in [0.15, 0.2) is 0 Å². The standard InChI is InChI=1S/C24H30N4O4/c1-24(2,3)32-23(30)27-12-10-21(16-27)31-20-8-6-19(7-9-20)26-22(29)28-14-18(15-28)17-5-4-11-25-13-17/h4-9,11,13,18,21H,10,12,14-16H2,1-3H3,(H,26,29)/t21-/m1/s1. The Morgan fingerprint density at radius 2 is 1.81 bits per heavy atom. The molecule has 32 heavy (non-hydrogen) atoms. The lowest BCUT2D eigenvalue weighted by Crippen LogP contribution is -2.50. The molecule has 1 aromatic carbocycles. The van der Waals surface area contributed by atoms with Crippen LogP contribution in [0.15, 0.2) is 48.8 Å². The van der Waals surface area contributed by atoms with Gasteiger partial charge >= 0.3 is 12.1 Å². The van der Waals surface area contributed by atoms with Crippen LogP contribution in [-0.2, 0) is 4.74 Å². The van der Waals surface area contributed by atoms with Gasteiger partial charge in [-0.15, -0.1) is 0 Å². The Morgan fingerprint density at radius 1 is 1.06 bits per heavy atom. The zero-order valence-electron chi connectivity index (χ0n) is 18.8. The number of likely N-dealkylation sites (tertiary alicyclic amines) is 2. The molecular weight excluding hydrogens is 408 g/mol. The molecule has 1 N–H and O–H groups in total. The van der Waals surface area contributed by atoms with E-state index < -0.39 is 5.60 Å². The van der Waals surface area contributed by atoms with Gasteiger partial charge in [-0.2, -0.15) is 0 Å². The van der Waals surface area contributed by atoms with Crippen molar-refractivity contribution in [3.8, 4) is 5.75 Å². The summed E-state index contributed by atoms with van der Waals surface area (Å²) < 4.78 is 11.4. The summed E-state index contributed by atoms with van der Waals surface area (Å²) in [6.45, 7) is 8.07. The molecule has 0 aliphatic carbocycles. The highest BCUT2D eigenvalue weighted by Gasteiger charge is 2.32. The van der Waals surface area contributed by atoms with Gasteiger partial charge in [-0.1, -0.05) is 6.07 Å². The Morgan fingerprint density at radius 3 is 2.47 bits per heavy atom. The predicted molar refractivity (Wildman–Crippen MR) is 121 cm³/mol. The fourth-order valence-electron chi connectivity index (χ4n) is 3.80. The third-order valence-electron chi connectivity index (χ3n) is 5.53. The second-order valence-corrected chi connectivity index (χ2v) is 9.30. The molecule has 2 aliphatic heterocycles. The third-order valence-corrected chi connectivity index (χ3v) is 5.53. The van der Waals surface area contributed by atoms with Crippen LogP contribution >= 0.6 is 0 Å². The molecule has 1 atom stereocenters. The van der Waals surface area contributed by atoms with Gasteiger partial charge in [-0.3, -0.25) is 4.98 Å². The topological polar surface area (TPSA) is 84.0 Å². The number of nitrogens with zero attached hydrogens (tertiary/aromatic N) is 3. The third kappa shape index (κ3) is 5.49. The first kappa shape index (κ1) is 21.9. The van der Waals surface area contributed by atoms with E-state index in [0.29, 0.717) is 43.5 Å². The van der Waals surface area contributed by atoms with Crippen LogP contribution < -0.4 is 10.1 Å². The molecule has 0 unspecified atom stereocenters. The lowest BCUT2D eigenvalue weighted by Gasteiger charge is -2.39. The highest BCUT2D eigenvalue weighted by atomic mass is 16.6. The predicted octanol–water partition coefficient (Wildman–Crippen LogP) is 4.10. The number of amides is 3. The highest BCUT2D eigenvalue weighted by Crippen LogP contribution is 2.27. The maximum Gasteiger partial charge on any atom is 0.410 e. The average molecular weight is 439 g/mol. The summed E-state index contributed by atoms with van der Waals surface area (Å²) in [5, 5.41) is 2.93. The minimum atomic E-state index is -0.508. The lowest BCUT2D eigenvalue weighted by atomic mass is 9.93. The zero-order valence-corrected chi connectivity index (χ0v) is 18.8. The van der Waals surface area contributed by atoms with Crippen LogP contribution in [0.25, 0.3) is 0 Å². The number of anilines is 1. The maximum atomic E-state index is 12.5. The summed E-state index contributed by atoms with van der Waals surface area (Å²) in [6.07, 6.45) is 3.98. The fourth-order valence-corrected chi connectivity index (χ4v) is 3.80. The van der Waals surface area contributed by atoms with E-state index in [1.807, 2.05) is 63.4 Å². The minimum Gasteiger partial charge on any atom is -0.489 e. The van der Waals surface area contributed by atoms with Crippen molar-refractivity contribution < 1.29 is 19.1 Å². The number of carbonyl (C=O) groups excluding carboxylic acids is 2. The second kappa shape index (κ2) is 9.06. The number of rotatable bonds is 4. The van der Waals surface area contributed by atoms with Crippen LogP contribution in [0.2, 0.25) is 0 Å². The molecule has 1 aromatic heterocycles. The van der Waals surface area contributed by atoms with Gasteiger partial charge in [0, 0.05) is 50.1 Å². The van der Waals surface area contributed by atoms with E-state index >= 15 is 0 Å². The maximum absolute atomic E-state index is 12.5. The molecule has 8 nitrogen and oxygen atoms in total. The number of nitrogens with one attached hydrogen (secondary N) is 1. The minimum absolute atomic E-state index is 0.0755. The van der Waals surface area contributed by atoms with Crippen LogP contribution in [0.4, 0.5) is 15.3 Å². The number of benzene rings is 1. The van der Waals surface area contributed by atoms with Crippen molar-refractivity contribution in [2.75, 3.05) is 31.5 Å². The van der Waals surface area contributed by atoms with Crippen molar-refractivity contribution in [3.05, 3.63) is 54.4 Å². The fraction of sp³-hybridized carbons (Fsp3) is 0.458. The first-order chi connectivity index (χ1) is 15.3. The zero-order chi connectivity index (χ0) is 22.7. The van der Waals surface area contributed by atoms with Crippen LogP contribution in [0, 0.1) is 0 Å².